The molecule has 1 heterocycles. The lowest BCUT2D eigenvalue weighted by Gasteiger charge is -2.10. The van der Waals surface area contributed by atoms with Gasteiger partial charge >= 0.3 is 0 Å². The largest absolute Gasteiger partial charge is 0.338 e. The highest BCUT2D eigenvalue weighted by atomic mass is 35.5. The number of nitrogens with zero attached hydrogens (tertiary/aromatic N) is 3. The van der Waals surface area contributed by atoms with Crippen LogP contribution in [0.15, 0.2) is 48.7 Å². The number of rotatable bonds is 4. The molecule has 3 aromatic rings. The Morgan fingerprint density at radius 3 is 2.35 bits per heavy atom. The van der Waals surface area contributed by atoms with E-state index in [4.69, 9.17) is 34.8 Å². The van der Waals surface area contributed by atoms with Gasteiger partial charge in [0.15, 0.2) is 5.82 Å². The van der Waals surface area contributed by atoms with Crippen LogP contribution in [0.4, 0.5) is 23.1 Å². The highest BCUT2D eigenvalue weighted by Crippen LogP contribution is 2.31. The summed E-state index contributed by atoms with van der Waals surface area (Å²) in [4.78, 5) is 4.32. The fraction of sp³-hybridized carbons (Fsp3) is 0. The minimum Gasteiger partial charge on any atom is -0.338 e. The van der Waals surface area contributed by atoms with Crippen molar-refractivity contribution in [3.63, 3.8) is 0 Å². The molecule has 8 heteroatoms. The molecule has 5 nitrogen and oxygen atoms in total. The van der Waals surface area contributed by atoms with Crippen LogP contribution < -0.4 is 10.6 Å². The average molecular weight is 367 g/mol. The third kappa shape index (κ3) is 3.82. The van der Waals surface area contributed by atoms with Crippen LogP contribution in [0, 0.1) is 0 Å². The van der Waals surface area contributed by atoms with E-state index in [2.05, 4.69) is 25.8 Å². The van der Waals surface area contributed by atoms with Gasteiger partial charge in [-0.05, 0) is 24.3 Å². The zero-order valence-electron chi connectivity index (χ0n) is 11.6. The number of benzene rings is 2. The molecule has 2 aromatic carbocycles. The Hall–Kier alpha value is -2.08. The first-order valence-electron chi connectivity index (χ1n) is 6.56. The van der Waals surface area contributed by atoms with Gasteiger partial charge in [0.2, 0.25) is 5.95 Å². The molecule has 2 N–H and O–H groups in total. The molecule has 1 aromatic heterocycles. The molecule has 116 valence electrons. The predicted molar refractivity (Wildman–Crippen MR) is 94.3 cm³/mol. The molecule has 23 heavy (non-hydrogen) atoms. The van der Waals surface area contributed by atoms with Crippen molar-refractivity contribution >= 4 is 57.9 Å². The van der Waals surface area contributed by atoms with Gasteiger partial charge in [0.05, 0.1) is 32.6 Å². The van der Waals surface area contributed by atoms with Crippen molar-refractivity contribution < 1.29 is 0 Å². The van der Waals surface area contributed by atoms with Gasteiger partial charge in [-0.2, -0.15) is 10.1 Å². The summed E-state index contributed by atoms with van der Waals surface area (Å²) in [5, 5.41) is 15.3. The van der Waals surface area contributed by atoms with Gasteiger partial charge in [-0.25, -0.2) is 0 Å². The summed E-state index contributed by atoms with van der Waals surface area (Å²) >= 11 is 18.2. The molecule has 0 bridgehead atoms. The van der Waals surface area contributed by atoms with Crippen LogP contribution >= 0.6 is 34.8 Å². The van der Waals surface area contributed by atoms with Crippen molar-refractivity contribution in [2.45, 2.75) is 0 Å². The highest BCUT2D eigenvalue weighted by molar-refractivity contribution is 6.43. The maximum absolute atomic E-state index is 6.13. The zero-order valence-corrected chi connectivity index (χ0v) is 13.9. The van der Waals surface area contributed by atoms with Crippen molar-refractivity contribution in [2.75, 3.05) is 10.6 Å². The molecule has 0 aliphatic carbocycles. The molecule has 0 saturated carbocycles. The lowest BCUT2D eigenvalue weighted by molar-refractivity contribution is 0.982. The van der Waals surface area contributed by atoms with Crippen LogP contribution in [0.25, 0.3) is 0 Å². The Morgan fingerprint density at radius 1 is 0.783 bits per heavy atom. The molecule has 0 unspecified atom stereocenters. The van der Waals surface area contributed by atoms with Crippen LogP contribution in [-0.4, -0.2) is 15.2 Å². The molecule has 3 rings (SSSR count). The second-order valence-electron chi connectivity index (χ2n) is 4.50. The summed E-state index contributed by atoms with van der Waals surface area (Å²) < 4.78 is 0. The summed E-state index contributed by atoms with van der Waals surface area (Å²) in [6.45, 7) is 0. The van der Waals surface area contributed by atoms with Crippen LogP contribution in [0.2, 0.25) is 15.1 Å². The number of hydrogen-bond donors (Lipinski definition) is 2. The molecule has 0 amide bonds. The smallest absolute Gasteiger partial charge is 0.249 e. The van der Waals surface area contributed by atoms with Gasteiger partial charge in [0.25, 0.3) is 0 Å². The quantitative estimate of drug-likeness (QED) is 0.654. The zero-order chi connectivity index (χ0) is 16.2. The third-order valence-electron chi connectivity index (χ3n) is 2.89. The Morgan fingerprint density at radius 2 is 1.52 bits per heavy atom. The SMILES string of the molecule is Clc1ccccc1Nc1cnnc(Nc2cccc(Cl)c2Cl)n1. The van der Waals surface area contributed by atoms with Crippen LogP contribution in [0.1, 0.15) is 0 Å². The van der Waals surface area contributed by atoms with Crippen molar-refractivity contribution in [3.8, 4) is 0 Å². The van der Waals surface area contributed by atoms with Gasteiger partial charge in [0.1, 0.15) is 0 Å². The normalized spacial score (nSPS) is 10.4. The first-order chi connectivity index (χ1) is 11.1. The van der Waals surface area contributed by atoms with Crippen LogP contribution in [0.5, 0.6) is 0 Å². The van der Waals surface area contributed by atoms with Gasteiger partial charge in [-0.1, -0.05) is 53.0 Å². The van der Waals surface area contributed by atoms with Crippen LogP contribution in [0.3, 0.4) is 0 Å². The number of anilines is 4. The van der Waals surface area contributed by atoms with Crippen molar-refractivity contribution in [1.82, 2.24) is 15.2 Å². The summed E-state index contributed by atoms with van der Waals surface area (Å²) in [7, 11) is 0. The van der Waals surface area contributed by atoms with Gasteiger partial charge in [-0.15, -0.1) is 5.10 Å². The standard InChI is InChI=1S/C15H10Cl3N5/c16-9-4-1-2-6-11(9)20-13-8-19-23-15(22-13)21-12-7-3-5-10(17)14(12)18/h1-8H,(H2,20,21,22,23). The third-order valence-corrected chi connectivity index (χ3v) is 4.04. The van der Waals surface area contributed by atoms with E-state index in [-0.39, 0.29) is 5.95 Å². The lowest BCUT2D eigenvalue weighted by atomic mass is 10.3. The second-order valence-corrected chi connectivity index (χ2v) is 5.69. The maximum Gasteiger partial charge on any atom is 0.249 e. The highest BCUT2D eigenvalue weighted by Gasteiger charge is 2.08. The molecule has 0 radical (unpaired) electrons. The predicted octanol–water partition coefficient (Wildman–Crippen LogP) is 5.32. The van der Waals surface area contributed by atoms with Gasteiger partial charge < -0.3 is 10.6 Å². The van der Waals surface area contributed by atoms with E-state index in [1.807, 2.05) is 18.2 Å². The van der Waals surface area contributed by atoms with E-state index in [0.29, 0.717) is 26.6 Å². The fourth-order valence-electron chi connectivity index (χ4n) is 1.84. The Labute approximate surface area is 147 Å². The number of hydrogen-bond acceptors (Lipinski definition) is 5. The van der Waals surface area contributed by atoms with Crippen LogP contribution in [-0.2, 0) is 0 Å². The van der Waals surface area contributed by atoms with E-state index in [9.17, 15) is 0 Å². The molecule has 0 aliphatic rings. The molecule has 0 aliphatic heterocycles. The summed E-state index contributed by atoms with van der Waals surface area (Å²) in [6.07, 6.45) is 1.49. The fourth-order valence-corrected chi connectivity index (χ4v) is 2.37. The molecule has 0 fully saturated rings. The monoisotopic (exact) mass is 365 g/mol. The van der Waals surface area contributed by atoms with Gasteiger partial charge in [-0.3, -0.25) is 0 Å². The van der Waals surface area contributed by atoms with E-state index >= 15 is 0 Å². The van der Waals surface area contributed by atoms with Crippen molar-refractivity contribution in [2.24, 2.45) is 0 Å². The molecule has 0 atom stereocenters. The first kappa shape index (κ1) is 15.8. The minimum absolute atomic E-state index is 0.284. The van der Waals surface area contributed by atoms with E-state index in [0.717, 1.165) is 5.69 Å². The van der Waals surface area contributed by atoms with Crippen molar-refractivity contribution in [3.05, 3.63) is 63.7 Å². The molecular weight excluding hydrogens is 357 g/mol. The Bertz CT molecular complexity index is 841. The molecule has 0 saturated heterocycles. The topological polar surface area (TPSA) is 62.7 Å². The summed E-state index contributed by atoms with van der Waals surface area (Å²) in [5.74, 6) is 0.778. The average Bonchev–Trinajstić information content (AvgIpc) is 2.55. The molecular formula is C15H10Cl3N5. The molecule has 0 spiro atoms. The van der Waals surface area contributed by atoms with E-state index in [1.165, 1.54) is 6.20 Å². The van der Waals surface area contributed by atoms with Crippen molar-refractivity contribution in [1.29, 1.82) is 0 Å². The van der Waals surface area contributed by atoms with E-state index in [1.54, 1.807) is 24.3 Å². The Kier molecular flexibility index (Phi) is 4.81. The summed E-state index contributed by atoms with van der Waals surface area (Å²) in [6, 6.07) is 12.6. The number of para-hydroxylation sites is 1. The number of halogens is 3. The number of nitrogens with one attached hydrogen (secondary N) is 2. The number of aromatic nitrogens is 3. The minimum atomic E-state index is 0.284. The maximum atomic E-state index is 6.13. The van der Waals surface area contributed by atoms with Gasteiger partial charge in [0, 0.05) is 0 Å². The first-order valence-corrected chi connectivity index (χ1v) is 7.69. The lowest BCUT2D eigenvalue weighted by Crippen LogP contribution is -2.03. The second kappa shape index (κ2) is 7.00. The Balaban J connectivity index is 1.83. The summed E-state index contributed by atoms with van der Waals surface area (Å²) in [5.41, 5.74) is 1.32. The van der Waals surface area contributed by atoms with E-state index < -0.39 is 0 Å².